The predicted octanol–water partition coefficient (Wildman–Crippen LogP) is 10.4. The third kappa shape index (κ3) is 4.82. The van der Waals surface area contributed by atoms with Crippen molar-refractivity contribution in [3.63, 3.8) is 0 Å². The number of aromatic nitrogens is 4. The van der Waals surface area contributed by atoms with Gasteiger partial charge in [0, 0.05) is 38.8 Å². The van der Waals surface area contributed by atoms with Gasteiger partial charge in [0.05, 0.1) is 32.8 Å². The minimum atomic E-state index is 0.832. The summed E-state index contributed by atoms with van der Waals surface area (Å²) in [7, 11) is 0. The molecule has 0 saturated heterocycles. The van der Waals surface area contributed by atoms with Crippen LogP contribution >= 0.6 is 15.9 Å². The molecule has 0 atom stereocenters. The molecule has 0 unspecified atom stereocenters. The number of fused-ring (bicyclic) bond motifs is 8. The number of rotatable bonds is 3. The lowest BCUT2D eigenvalue weighted by Gasteiger charge is -2.06. The Kier molecular flexibility index (Phi) is 6.63. The maximum Gasteiger partial charge on any atom is 0.0801 e. The molecule has 0 radical (unpaired) electrons. The molecule has 0 saturated carbocycles. The zero-order valence-electron chi connectivity index (χ0n) is 24.1. The van der Waals surface area contributed by atoms with Crippen molar-refractivity contribution in [2.45, 2.75) is 0 Å². The molecule has 2 N–H and O–H groups in total. The molecule has 8 rings (SSSR count). The van der Waals surface area contributed by atoms with E-state index in [1.807, 2.05) is 24.3 Å². The molecular weight excluding hydrogens is 616 g/mol. The molecule has 0 spiro atoms. The van der Waals surface area contributed by atoms with E-state index in [9.17, 15) is 0 Å². The van der Waals surface area contributed by atoms with Gasteiger partial charge in [0.15, 0.2) is 0 Å². The van der Waals surface area contributed by atoms with Crippen LogP contribution in [0.4, 0.5) is 0 Å². The highest BCUT2D eigenvalue weighted by Gasteiger charge is 2.17. The zero-order chi connectivity index (χ0) is 30.3. The zero-order valence-corrected chi connectivity index (χ0v) is 25.6. The summed E-state index contributed by atoms with van der Waals surface area (Å²) in [4.78, 5) is 17.8. The fraction of sp³-hybridized carbons (Fsp3) is 0. The van der Waals surface area contributed by atoms with Crippen LogP contribution in [0, 0.1) is 12.3 Å². The molecule has 8 bridgehead atoms. The summed E-state index contributed by atoms with van der Waals surface area (Å²) in [6.07, 6.45) is 14.0. The van der Waals surface area contributed by atoms with E-state index in [2.05, 4.69) is 141 Å². The molecule has 0 amide bonds. The summed E-state index contributed by atoms with van der Waals surface area (Å²) in [6.45, 7) is 0. The second-order valence-electron chi connectivity index (χ2n) is 10.9. The van der Waals surface area contributed by atoms with Crippen molar-refractivity contribution < 1.29 is 0 Å². The molecule has 5 heterocycles. The van der Waals surface area contributed by atoms with Crippen LogP contribution in [0.3, 0.4) is 0 Å². The fourth-order valence-corrected chi connectivity index (χ4v) is 6.48. The summed E-state index contributed by atoms with van der Waals surface area (Å²) in [5, 5.41) is 0. The van der Waals surface area contributed by atoms with Gasteiger partial charge in [0.2, 0.25) is 0 Å². The monoisotopic (exact) mass is 640 g/mol. The van der Waals surface area contributed by atoms with Gasteiger partial charge in [0.25, 0.3) is 0 Å². The molecule has 3 aromatic heterocycles. The SMILES string of the molecule is C#Cc1ccc(-c2c3nc(c(-c4ccccc4)c4ccc([nH]4)c(Br)c4nc(c(-c5ccccc5)c5ccc2[nH]5)C=C4)C=C3)cc1. The largest absolute Gasteiger partial charge is 0.354 e. The molecule has 2 aliphatic heterocycles. The van der Waals surface area contributed by atoms with Crippen LogP contribution in [0.25, 0.3) is 79.8 Å². The molecule has 4 nitrogen and oxygen atoms in total. The number of terminal acetylenes is 1. The highest BCUT2D eigenvalue weighted by atomic mass is 79.9. The third-order valence-corrected chi connectivity index (χ3v) is 8.99. The van der Waals surface area contributed by atoms with Crippen LogP contribution in [-0.2, 0) is 0 Å². The molecule has 6 aromatic rings. The molecule has 5 heteroatoms. The lowest BCUT2D eigenvalue weighted by Crippen LogP contribution is -1.89. The van der Waals surface area contributed by atoms with E-state index in [1.54, 1.807) is 0 Å². The van der Waals surface area contributed by atoms with E-state index < -0.39 is 0 Å². The highest BCUT2D eigenvalue weighted by Crippen LogP contribution is 2.37. The number of halogens is 1. The summed E-state index contributed by atoms with van der Waals surface area (Å²) in [6, 6.07) is 37.3. The maximum absolute atomic E-state index is 5.70. The first-order valence-corrected chi connectivity index (χ1v) is 15.5. The van der Waals surface area contributed by atoms with Crippen molar-refractivity contribution in [3.8, 4) is 45.7 Å². The minimum Gasteiger partial charge on any atom is -0.354 e. The standard InChI is InChI=1S/C40H25BrN4/c1-2-25-13-15-28(16-14-25)39-31-19-17-29(42-31)37(26-9-5-3-6-10-26)33-21-23-35(44-33)40(41)36-24-22-34(45-36)38(27-11-7-4-8-12-27)30-18-20-32(39)43-30/h1,3-24,42,45H. The Morgan fingerprint density at radius 1 is 0.467 bits per heavy atom. The van der Waals surface area contributed by atoms with Gasteiger partial charge >= 0.3 is 0 Å². The minimum absolute atomic E-state index is 0.832. The van der Waals surface area contributed by atoms with Crippen molar-refractivity contribution >= 4 is 62.3 Å². The number of nitrogens with one attached hydrogen (secondary N) is 2. The topological polar surface area (TPSA) is 57.4 Å². The van der Waals surface area contributed by atoms with Crippen LogP contribution in [0.1, 0.15) is 28.3 Å². The van der Waals surface area contributed by atoms with Gasteiger partial charge in [-0.15, -0.1) is 6.42 Å². The average molecular weight is 642 g/mol. The second kappa shape index (κ2) is 11.1. The van der Waals surface area contributed by atoms with E-state index in [0.717, 1.165) is 88.3 Å². The van der Waals surface area contributed by atoms with Gasteiger partial charge in [-0.1, -0.05) is 78.7 Å². The molecule has 3 aromatic carbocycles. The fourth-order valence-electron chi connectivity index (χ4n) is 6.02. The lowest BCUT2D eigenvalue weighted by atomic mass is 10.0. The Morgan fingerprint density at radius 2 is 0.867 bits per heavy atom. The number of nitrogens with zero attached hydrogens (tertiary/aromatic N) is 2. The Labute approximate surface area is 269 Å². The Bertz CT molecular complexity index is 2330. The summed E-state index contributed by atoms with van der Waals surface area (Å²) in [5.41, 5.74) is 14.3. The molecule has 212 valence electrons. The van der Waals surface area contributed by atoms with Gasteiger partial charge < -0.3 is 9.97 Å². The van der Waals surface area contributed by atoms with Crippen LogP contribution in [0.2, 0.25) is 0 Å². The first-order valence-electron chi connectivity index (χ1n) is 14.7. The molecule has 0 fully saturated rings. The molecule has 45 heavy (non-hydrogen) atoms. The summed E-state index contributed by atoms with van der Waals surface area (Å²) < 4.78 is 0.890. The van der Waals surface area contributed by atoms with Gasteiger partial charge in [0.1, 0.15) is 0 Å². The smallest absolute Gasteiger partial charge is 0.0801 e. The number of hydrogen-bond donors (Lipinski definition) is 2. The Balaban J connectivity index is 1.55. The van der Waals surface area contributed by atoms with Crippen molar-refractivity contribution in [1.29, 1.82) is 0 Å². The second-order valence-corrected chi connectivity index (χ2v) is 11.7. The van der Waals surface area contributed by atoms with Gasteiger partial charge in [-0.25, -0.2) is 9.97 Å². The van der Waals surface area contributed by atoms with Crippen LogP contribution in [0.5, 0.6) is 0 Å². The number of aromatic amines is 2. The summed E-state index contributed by atoms with van der Waals surface area (Å²) in [5.74, 6) is 2.74. The first kappa shape index (κ1) is 26.9. The van der Waals surface area contributed by atoms with Crippen molar-refractivity contribution in [3.05, 3.63) is 142 Å². The Morgan fingerprint density at radius 3 is 1.36 bits per heavy atom. The molecular formula is C40H25BrN4. The van der Waals surface area contributed by atoms with Gasteiger partial charge in [-0.2, -0.15) is 0 Å². The van der Waals surface area contributed by atoms with Gasteiger partial charge in [-0.3, -0.25) is 0 Å². The van der Waals surface area contributed by atoms with E-state index in [0.29, 0.717) is 0 Å². The van der Waals surface area contributed by atoms with Crippen LogP contribution in [0.15, 0.2) is 114 Å². The van der Waals surface area contributed by atoms with E-state index in [-0.39, 0.29) is 0 Å². The first-order chi connectivity index (χ1) is 22.2. The maximum atomic E-state index is 5.70. The molecule has 2 aliphatic rings. The number of hydrogen-bond acceptors (Lipinski definition) is 2. The van der Waals surface area contributed by atoms with Gasteiger partial charge in [-0.05, 0) is 93.3 Å². The number of benzene rings is 3. The van der Waals surface area contributed by atoms with Crippen molar-refractivity contribution in [1.82, 2.24) is 19.9 Å². The molecule has 0 aliphatic carbocycles. The van der Waals surface area contributed by atoms with E-state index in [1.165, 1.54) is 0 Å². The van der Waals surface area contributed by atoms with Crippen molar-refractivity contribution in [2.24, 2.45) is 0 Å². The Hall–Kier alpha value is -5.70. The van der Waals surface area contributed by atoms with E-state index >= 15 is 0 Å². The van der Waals surface area contributed by atoms with E-state index in [4.69, 9.17) is 16.4 Å². The quantitative estimate of drug-likeness (QED) is 0.189. The number of H-pyrrole nitrogens is 2. The third-order valence-electron chi connectivity index (χ3n) is 8.15. The van der Waals surface area contributed by atoms with Crippen LogP contribution in [-0.4, -0.2) is 19.9 Å². The predicted molar refractivity (Wildman–Crippen MR) is 191 cm³/mol. The highest BCUT2D eigenvalue weighted by molar-refractivity contribution is 9.10. The average Bonchev–Trinajstić information content (AvgIpc) is 3.92. The van der Waals surface area contributed by atoms with Crippen LogP contribution < -0.4 is 0 Å². The lowest BCUT2D eigenvalue weighted by molar-refractivity contribution is 1.30. The normalized spacial score (nSPS) is 11.9. The van der Waals surface area contributed by atoms with Crippen molar-refractivity contribution in [2.75, 3.05) is 0 Å². The summed E-state index contributed by atoms with van der Waals surface area (Å²) >= 11 is 3.86.